The summed E-state index contributed by atoms with van der Waals surface area (Å²) in [5.41, 5.74) is 1.20. The molecular formula is C16H22O3. The Balaban J connectivity index is 1.94. The smallest absolute Gasteiger partial charge is 0.161 e. The van der Waals surface area contributed by atoms with Gasteiger partial charge in [0.1, 0.15) is 0 Å². The van der Waals surface area contributed by atoms with Crippen LogP contribution in [0, 0.1) is 0 Å². The summed E-state index contributed by atoms with van der Waals surface area (Å²) in [5, 5.41) is 10.3. The zero-order valence-electron chi connectivity index (χ0n) is 11.7. The summed E-state index contributed by atoms with van der Waals surface area (Å²) in [6, 6.07) is 6.28. The number of methoxy groups -OCH3 is 2. The van der Waals surface area contributed by atoms with Crippen molar-refractivity contribution in [2.24, 2.45) is 0 Å². The molecule has 2 bridgehead atoms. The van der Waals surface area contributed by atoms with E-state index in [4.69, 9.17) is 9.47 Å². The highest BCUT2D eigenvalue weighted by atomic mass is 16.5. The molecule has 0 radical (unpaired) electrons. The molecule has 3 aliphatic carbocycles. The minimum Gasteiger partial charge on any atom is -0.493 e. The van der Waals surface area contributed by atoms with Crippen LogP contribution in [0.15, 0.2) is 18.2 Å². The molecule has 0 aliphatic heterocycles. The lowest BCUT2D eigenvalue weighted by atomic mass is 9.56. The first-order valence-corrected chi connectivity index (χ1v) is 7.06. The summed E-state index contributed by atoms with van der Waals surface area (Å²) in [5.74, 6) is 1.59. The molecule has 0 heterocycles. The van der Waals surface area contributed by atoms with Crippen molar-refractivity contribution in [3.8, 4) is 11.5 Å². The van der Waals surface area contributed by atoms with Crippen molar-refractivity contribution >= 4 is 0 Å². The van der Waals surface area contributed by atoms with E-state index in [9.17, 15) is 5.11 Å². The number of fused-ring (bicyclic) bond motifs is 3. The first-order valence-electron chi connectivity index (χ1n) is 7.06. The van der Waals surface area contributed by atoms with E-state index in [0.29, 0.717) is 0 Å². The summed E-state index contributed by atoms with van der Waals surface area (Å²) in [4.78, 5) is 0. The predicted molar refractivity (Wildman–Crippen MR) is 73.9 cm³/mol. The quantitative estimate of drug-likeness (QED) is 0.910. The number of hydrogen-bond acceptors (Lipinski definition) is 3. The van der Waals surface area contributed by atoms with Gasteiger partial charge in [-0.3, -0.25) is 0 Å². The van der Waals surface area contributed by atoms with Gasteiger partial charge in [-0.15, -0.1) is 0 Å². The highest BCUT2D eigenvalue weighted by Gasteiger charge is 2.48. The molecule has 3 fully saturated rings. The maximum atomic E-state index is 10.3. The van der Waals surface area contributed by atoms with E-state index in [1.54, 1.807) is 14.2 Å². The van der Waals surface area contributed by atoms with E-state index in [1.165, 1.54) is 5.56 Å². The zero-order valence-corrected chi connectivity index (χ0v) is 11.7. The lowest BCUT2D eigenvalue weighted by molar-refractivity contribution is -0.0660. The monoisotopic (exact) mass is 262 g/mol. The van der Waals surface area contributed by atoms with Gasteiger partial charge in [0.2, 0.25) is 0 Å². The highest BCUT2D eigenvalue weighted by Crippen LogP contribution is 2.54. The third-order valence-corrected chi connectivity index (χ3v) is 5.20. The average molecular weight is 262 g/mol. The first kappa shape index (κ1) is 12.8. The van der Waals surface area contributed by atoms with Gasteiger partial charge in [-0.2, -0.15) is 0 Å². The molecule has 0 atom stereocenters. The van der Waals surface area contributed by atoms with Gasteiger partial charge in [0.15, 0.2) is 11.5 Å². The Morgan fingerprint density at radius 3 is 2.00 bits per heavy atom. The van der Waals surface area contributed by atoms with E-state index >= 15 is 0 Å². The number of aliphatic hydroxyl groups is 1. The van der Waals surface area contributed by atoms with Gasteiger partial charge in [-0.05, 0) is 61.6 Å². The fraction of sp³-hybridized carbons (Fsp3) is 0.625. The second-order valence-corrected chi connectivity index (χ2v) is 6.07. The van der Waals surface area contributed by atoms with Gasteiger partial charge in [-0.1, -0.05) is 6.07 Å². The van der Waals surface area contributed by atoms with Crippen LogP contribution in [-0.2, 0) is 5.41 Å². The van der Waals surface area contributed by atoms with Crippen LogP contribution in [-0.4, -0.2) is 24.9 Å². The normalized spacial score (nSPS) is 33.2. The molecule has 3 saturated carbocycles. The standard InChI is InChI=1S/C16H22O3/c1-18-13-4-3-12(11-14(13)19-2)15-5-8-16(17,9-6-15)10-7-15/h3-4,11,17H,5-10H2,1-2H3. The Bertz CT molecular complexity index is 456. The van der Waals surface area contributed by atoms with Crippen LogP contribution in [0.1, 0.15) is 44.1 Å². The third-order valence-electron chi connectivity index (χ3n) is 5.20. The molecule has 19 heavy (non-hydrogen) atoms. The van der Waals surface area contributed by atoms with E-state index < -0.39 is 0 Å². The molecule has 0 aromatic heterocycles. The van der Waals surface area contributed by atoms with E-state index in [1.807, 2.05) is 6.07 Å². The Morgan fingerprint density at radius 2 is 1.47 bits per heavy atom. The van der Waals surface area contributed by atoms with E-state index in [0.717, 1.165) is 50.0 Å². The van der Waals surface area contributed by atoms with Crippen LogP contribution in [0.25, 0.3) is 0 Å². The molecule has 1 aromatic rings. The summed E-state index contributed by atoms with van der Waals surface area (Å²) in [6.45, 7) is 0. The Kier molecular flexibility index (Phi) is 2.97. The minimum atomic E-state index is -0.377. The third kappa shape index (κ3) is 2.00. The SMILES string of the molecule is COc1ccc(C23CCC(O)(CC2)CC3)cc1OC. The van der Waals surface area contributed by atoms with Gasteiger partial charge in [0, 0.05) is 0 Å². The Morgan fingerprint density at radius 1 is 0.895 bits per heavy atom. The molecule has 0 amide bonds. The summed E-state index contributed by atoms with van der Waals surface area (Å²) in [7, 11) is 3.34. The van der Waals surface area contributed by atoms with Crippen molar-refractivity contribution in [1.82, 2.24) is 0 Å². The summed E-state index contributed by atoms with van der Waals surface area (Å²) < 4.78 is 10.7. The van der Waals surface area contributed by atoms with Crippen LogP contribution < -0.4 is 9.47 Å². The first-order chi connectivity index (χ1) is 9.11. The summed E-state index contributed by atoms with van der Waals surface area (Å²) in [6.07, 6.45) is 6.04. The van der Waals surface area contributed by atoms with Crippen molar-refractivity contribution in [2.45, 2.75) is 49.5 Å². The molecule has 0 saturated heterocycles. The highest BCUT2D eigenvalue weighted by molar-refractivity contribution is 5.45. The molecule has 1 N–H and O–H groups in total. The number of ether oxygens (including phenoxy) is 2. The zero-order chi connectivity index (χ0) is 13.5. The van der Waals surface area contributed by atoms with E-state index in [-0.39, 0.29) is 11.0 Å². The number of hydrogen-bond donors (Lipinski definition) is 1. The molecule has 3 aliphatic rings. The second kappa shape index (κ2) is 4.41. The maximum Gasteiger partial charge on any atom is 0.161 e. The van der Waals surface area contributed by atoms with Crippen LogP contribution >= 0.6 is 0 Å². The van der Waals surface area contributed by atoms with Crippen molar-refractivity contribution in [3.05, 3.63) is 23.8 Å². The predicted octanol–water partition coefficient (Wildman–Crippen LogP) is 3.04. The molecular weight excluding hydrogens is 240 g/mol. The van der Waals surface area contributed by atoms with Crippen LogP contribution in [0.5, 0.6) is 11.5 Å². The molecule has 0 unspecified atom stereocenters. The molecule has 3 heteroatoms. The Labute approximate surface area is 114 Å². The van der Waals surface area contributed by atoms with Gasteiger partial charge >= 0.3 is 0 Å². The fourth-order valence-electron chi connectivity index (χ4n) is 3.76. The molecule has 4 rings (SSSR count). The maximum absolute atomic E-state index is 10.3. The average Bonchev–Trinajstić information content (AvgIpc) is 2.47. The largest absolute Gasteiger partial charge is 0.493 e. The molecule has 1 aromatic carbocycles. The lowest BCUT2D eigenvalue weighted by Gasteiger charge is -2.51. The van der Waals surface area contributed by atoms with Crippen LogP contribution in [0.4, 0.5) is 0 Å². The van der Waals surface area contributed by atoms with Gasteiger partial charge < -0.3 is 14.6 Å². The van der Waals surface area contributed by atoms with Gasteiger partial charge in [-0.25, -0.2) is 0 Å². The minimum absolute atomic E-state index is 0.240. The molecule has 3 nitrogen and oxygen atoms in total. The van der Waals surface area contributed by atoms with Gasteiger partial charge in [0.25, 0.3) is 0 Å². The summed E-state index contributed by atoms with van der Waals surface area (Å²) >= 11 is 0. The molecule has 0 spiro atoms. The second-order valence-electron chi connectivity index (χ2n) is 6.07. The fourth-order valence-corrected chi connectivity index (χ4v) is 3.76. The van der Waals surface area contributed by atoms with Crippen molar-refractivity contribution < 1.29 is 14.6 Å². The van der Waals surface area contributed by atoms with Crippen molar-refractivity contribution in [1.29, 1.82) is 0 Å². The van der Waals surface area contributed by atoms with E-state index in [2.05, 4.69) is 12.1 Å². The number of rotatable bonds is 3. The Hall–Kier alpha value is -1.22. The van der Waals surface area contributed by atoms with Gasteiger partial charge in [0.05, 0.1) is 19.8 Å². The van der Waals surface area contributed by atoms with Crippen LogP contribution in [0.3, 0.4) is 0 Å². The van der Waals surface area contributed by atoms with Crippen LogP contribution in [0.2, 0.25) is 0 Å². The topological polar surface area (TPSA) is 38.7 Å². The lowest BCUT2D eigenvalue weighted by Crippen LogP contribution is -2.48. The molecule has 104 valence electrons. The van der Waals surface area contributed by atoms with Crippen molar-refractivity contribution in [2.75, 3.05) is 14.2 Å². The van der Waals surface area contributed by atoms with Crippen molar-refractivity contribution in [3.63, 3.8) is 0 Å². The number of benzene rings is 1.